The van der Waals surface area contributed by atoms with Crippen LogP contribution in [0, 0.1) is 0 Å². The summed E-state index contributed by atoms with van der Waals surface area (Å²) in [6, 6.07) is 12.0. The number of benzene rings is 1. The highest BCUT2D eigenvalue weighted by molar-refractivity contribution is 7.80. The topological polar surface area (TPSA) is 54.7 Å². The Morgan fingerprint density at radius 1 is 1.26 bits per heavy atom. The summed E-state index contributed by atoms with van der Waals surface area (Å²) in [5.41, 5.74) is 1.74. The van der Waals surface area contributed by atoms with Crippen molar-refractivity contribution < 1.29 is 13.9 Å². The molecule has 6 heteroatoms. The highest BCUT2D eigenvalue weighted by Crippen LogP contribution is 2.31. The van der Waals surface area contributed by atoms with Crippen molar-refractivity contribution in [1.29, 1.82) is 0 Å². The van der Waals surface area contributed by atoms with Crippen molar-refractivity contribution in [3.05, 3.63) is 59.2 Å². The molecule has 1 amide bonds. The zero-order valence-corrected chi connectivity index (χ0v) is 16.2. The molecule has 2 aliphatic rings. The Bertz CT molecular complexity index is 894. The molecule has 0 bridgehead atoms. The van der Waals surface area contributed by atoms with Gasteiger partial charge in [-0.3, -0.25) is 9.69 Å². The van der Waals surface area contributed by atoms with E-state index in [0.717, 1.165) is 18.6 Å². The first kappa shape index (κ1) is 17.8. The maximum absolute atomic E-state index is 12.4. The number of thiocarbonyl (C=S) groups is 1. The van der Waals surface area contributed by atoms with Gasteiger partial charge < -0.3 is 14.5 Å². The SMILES string of the molecule is CC(C)c1ccc(OCc2ccc(/C=C3/NC(=S)N(C4CC4)C3=O)o2)cc1. The van der Waals surface area contributed by atoms with E-state index in [-0.39, 0.29) is 11.9 Å². The van der Waals surface area contributed by atoms with Gasteiger partial charge in [0, 0.05) is 12.1 Å². The van der Waals surface area contributed by atoms with Crippen LogP contribution in [-0.2, 0) is 11.4 Å². The largest absolute Gasteiger partial charge is 0.486 e. The maximum Gasteiger partial charge on any atom is 0.276 e. The average Bonchev–Trinajstić information content (AvgIpc) is 3.31. The number of nitrogens with zero attached hydrogens (tertiary/aromatic N) is 1. The summed E-state index contributed by atoms with van der Waals surface area (Å²) in [4.78, 5) is 14.1. The molecule has 0 unspecified atom stereocenters. The molecule has 2 fully saturated rings. The molecular formula is C21H22N2O3S. The lowest BCUT2D eigenvalue weighted by molar-refractivity contribution is -0.122. The molecule has 2 aromatic rings. The zero-order chi connectivity index (χ0) is 19.0. The summed E-state index contributed by atoms with van der Waals surface area (Å²) in [7, 11) is 0. The summed E-state index contributed by atoms with van der Waals surface area (Å²) in [6.45, 7) is 4.66. The number of hydrogen-bond acceptors (Lipinski definition) is 4. The zero-order valence-electron chi connectivity index (χ0n) is 15.4. The van der Waals surface area contributed by atoms with Gasteiger partial charge in [-0.15, -0.1) is 0 Å². The highest BCUT2D eigenvalue weighted by atomic mass is 32.1. The standard InChI is InChI=1S/C21H22N2O3S/c1-13(2)14-3-7-16(8-4-14)25-12-18-10-9-17(26-18)11-19-20(24)23(15-5-6-15)21(27)22-19/h3-4,7-11,13,15H,5-6,12H2,1-2H3,(H,22,27)/b19-11+. The molecule has 0 radical (unpaired) electrons. The van der Waals surface area contributed by atoms with E-state index in [1.165, 1.54) is 5.56 Å². The molecule has 1 aromatic carbocycles. The third-order valence-corrected chi connectivity index (χ3v) is 5.02. The minimum Gasteiger partial charge on any atom is -0.486 e. The summed E-state index contributed by atoms with van der Waals surface area (Å²) >= 11 is 5.26. The van der Waals surface area contributed by atoms with Crippen LogP contribution in [0.25, 0.3) is 6.08 Å². The smallest absolute Gasteiger partial charge is 0.276 e. The van der Waals surface area contributed by atoms with Gasteiger partial charge >= 0.3 is 0 Å². The Morgan fingerprint density at radius 3 is 2.67 bits per heavy atom. The van der Waals surface area contributed by atoms with Crippen LogP contribution in [0.2, 0.25) is 0 Å². The normalized spacial score (nSPS) is 18.5. The van der Waals surface area contributed by atoms with Crippen LogP contribution in [0.4, 0.5) is 0 Å². The summed E-state index contributed by atoms with van der Waals surface area (Å²) < 4.78 is 11.5. The number of rotatable bonds is 6. The van der Waals surface area contributed by atoms with Crippen LogP contribution in [0.3, 0.4) is 0 Å². The highest BCUT2D eigenvalue weighted by Gasteiger charge is 2.41. The van der Waals surface area contributed by atoms with E-state index in [9.17, 15) is 4.79 Å². The van der Waals surface area contributed by atoms with E-state index >= 15 is 0 Å². The minimum absolute atomic E-state index is 0.0815. The first-order chi connectivity index (χ1) is 13.0. The molecule has 1 saturated heterocycles. The van der Waals surface area contributed by atoms with E-state index in [4.69, 9.17) is 21.4 Å². The quantitative estimate of drug-likeness (QED) is 0.599. The fourth-order valence-corrected chi connectivity index (χ4v) is 3.35. The number of nitrogens with one attached hydrogen (secondary N) is 1. The lowest BCUT2D eigenvalue weighted by Crippen LogP contribution is -2.32. The molecule has 1 N–H and O–H groups in total. The van der Waals surface area contributed by atoms with Gasteiger partial charge in [0.15, 0.2) is 5.11 Å². The number of carbonyl (C=O) groups is 1. The number of carbonyl (C=O) groups excluding carboxylic acids is 1. The van der Waals surface area contributed by atoms with Gasteiger partial charge in [-0.05, 0) is 60.8 Å². The second-order valence-corrected chi connectivity index (χ2v) is 7.60. The Balaban J connectivity index is 1.38. The van der Waals surface area contributed by atoms with Crippen molar-refractivity contribution in [1.82, 2.24) is 10.2 Å². The van der Waals surface area contributed by atoms with Crippen LogP contribution < -0.4 is 10.1 Å². The van der Waals surface area contributed by atoms with Crippen molar-refractivity contribution in [2.45, 2.75) is 45.3 Å². The fraction of sp³-hybridized carbons (Fsp3) is 0.333. The van der Waals surface area contributed by atoms with Crippen LogP contribution in [0.1, 0.15) is 49.7 Å². The lowest BCUT2D eigenvalue weighted by Gasteiger charge is -2.11. The number of ether oxygens (including phenoxy) is 1. The van der Waals surface area contributed by atoms with Gasteiger partial charge in [0.25, 0.3) is 5.91 Å². The van der Waals surface area contributed by atoms with Gasteiger partial charge in [-0.2, -0.15) is 0 Å². The number of hydrogen-bond donors (Lipinski definition) is 1. The van der Waals surface area contributed by atoms with Crippen molar-refractivity contribution >= 4 is 29.3 Å². The van der Waals surface area contributed by atoms with Gasteiger partial charge in [-0.25, -0.2) is 0 Å². The third kappa shape index (κ3) is 3.90. The van der Waals surface area contributed by atoms with E-state index in [2.05, 4.69) is 31.3 Å². The molecule has 140 valence electrons. The average molecular weight is 382 g/mol. The summed E-state index contributed by atoms with van der Waals surface area (Å²) in [6.07, 6.45) is 3.72. The van der Waals surface area contributed by atoms with Gasteiger partial charge in [0.2, 0.25) is 0 Å². The maximum atomic E-state index is 12.4. The van der Waals surface area contributed by atoms with Crippen molar-refractivity contribution in [3.8, 4) is 5.75 Å². The van der Waals surface area contributed by atoms with Gasteiger partial charge in [0.1, 0.15) is 29.6 Å². The molecular weight excluding hydrogens is 360 g/mol. The molecule has 1 aliphatic carbocycles. The molecule has 5 nitrogen and oxygen atoms in total. The molecule has 2 heterocycles. The van der Waals surface area contributed by atoms with Crippen molar-refractivity contribution in [2.75, 3.05) is 0 Å². The van der Waals surface area contributed by atoms with E-state index in [1.807, 2.05) is 24.3 Å². The Hall–Kier alpha value is -2.60. The first-order valence-corrected chi connectivity index (χ1v) is 9.60. The van der Waals surface area contributed by atoms with E-state index in [1.54, 1.807) is 11.0 Å². The molecule has 1 aromatic heterocycles. The van der Waals surface area contributed by atoms with Crippen molar-refractivity contribution in [3.63, 3.8) is 0 Å². The first-order valence-electron chi connectivity index (χ1n) is 9.19. The molecule has 0 spiro atoms. The molecule has 4 rings (SSSR count). The molecule has 27 heavy (non-hydrogen) atoms. The van der Waals surface area contributed by atoms with E-state index < -0.39 is 0 Å². The van der Waals surface area contributed by atoms with Crippen molar-refractivity contribution in [2.24, 2.45) is 0 Å². The summed E-state index contributed by atoms with van der Waals surface area (Å²) in [5, 5.41) is 3.46. The third-order valence-electron chi connectivity index (χ3n) is 4.72. The van der Waals surface area contributed by atoms with Crippen LogP contribution in [-0.4, -0.2) is 22.0 Å². The predicted molar refractivity (Wildman–Crippen MR) is 107 cm³/mol. The Labute approximate surface area is 164 Å². The van der Waals surface area contributed by atoms with Crippen LogP contribution in [0.5, 0.6) is 5.75 Å². The van der Waals surface area contributed by atoms with Gasteiger partial charge in [-0.1, -0.05) is 26.0 Å². The van der Waals surface area contributed by atoms with Gasteiger partial charge in [0.05, 0.1) is 0 Å². The minimum atomic E-state index is -0.0815. The molecule has 1 aliphatic heterocycles. The number of furan rings is 1. The van der Waals surface area contributed by atoms with E-state index in [0.29, 0.717) is 34.9 Å². The van der Waals surface area contributed by atoms with Crippen LogP contribution >= 0.6 is 12.2 Å². The molecule has 0 atom stereocenters. The number of amides is 1. The summed E-state index contributed by atoms with van der Waals surface area (Å²) in [5.74, 6) is 2.51. The Morgan fingerprint density at radius 2 is 2.00 bits per heavy atom. The Kier molecular flexibility index (Phi) is 4.74. The molecule has 1 saturated carbocycles. The second-order valence-electron chi connectivity index (χ2n) is 7.21. The predicted octanol–water partition coefficient (Wildman–Crippen LogP) is 4.20. The monoisotopic (exact) mass is 382 g/mol. The fourth-order valence-electron chi connectivity index (χ4n) is 3.01. The lowest BCUT2D eigenvalue weighted by atomic mass is 10.0. The van der Waals surface area contributed by atoms with Crippen LogP contribution in [0.15, 0.2) is 46.5 Å². The second kappa shape index (κ2) is 7.19.